The number of carbonyl (C=O) groups is 1. The molecule has 2 rings (SSSR count). The fraction of sp³-hybridized carbons (Fsp3) is 0.500. The Bertz CT molecular complexity index is 581. The maximum atomic E-state index is 12.2. The molecule has 0 aliphatic heterocycles. The zero-order valence-corrected chi connectivity index (χ0v) is 13.1. The molecule has 0 aliphatic rings. The molecule has 0 saturated carbocycles. The Balaban J connectivity index is 1.97. The van der Waals surface area contributed by atoms with E-state index in [1.165, 1.54) is 11.3 Å². The largest absolute Gasteiger partial charge is 0.349 e. The van der Waals surface area contributed by atoms with E-state index in [9.17, 15) is 4.79 Å². The van der Waals surface area contributed by atoms with Gasteiger partial charge in [-0.05, 0) is 6.92 Å². The van der Waals surface area contributed by atoms with Gasteiger partial charge in [-0.3, -0.25) is 4.79 Å². The predicted molar refractivity (Wildman–Crippen MR) is 80.1 cm³/mol. The van der Waals surface area contributed by atoms with E-state index in [1.54, 1.807) is 12.5 Å². The average molecular weight is 292 g/mol. The molecule has 0 saturated heterocycles. The molecular weight excluding hydrogens is 272 g/mol. The molecule has 0 radical (unpaired) electrons. The van der Waals surface area contributed by atoms with Crippen molar-refractivity contribution in [3.63, 3.8) is 0 Å². The summed E-state index contributed by atoms with van der Waals surface area (Å²) in [6.45, 7) is 9.49. The maximum Gasteiger partial charge on any atom is 0.263 e. The van der Waals surface area contributed by atoms with Gasteiger partial charge in [-0.15, -0.1) is 11.3 Å². The van der Waals surface area contributed by atoms with Gasteiger partial charge in [0.1, 0.15) is 4.88 Å². The van der Waals surface area contributed by atoms with E-state index in [4.69, 9.17) is 0 Å². The van der Waals surface area contributed by atoms with Crippen molar-refractivity contribution in [1.82, 2.24) is 19.9 Å². The Hall–Kier alpha value is -1.69. The van der Waals surface area contributed by atoms with Crippen molar-refractivity contribution in [2.45, 2.75) is 39.7 Å². The molecule has 2 heterocycles. The third kappa shape index (κ3) is 3.45. The van der Waals surface area contributed by atoms with Crippen LogP contribution in [0.1, 0.15) is 41.1 Å². The molecule has 0 unspecified atom stereocenters. The number of aromatic nitrogens is 3. The molecule has 0 aromatic carbocycles. The second kappa shape index (κ2) is 5.75. The van der Waals surface area contributed by atoms with Crippen LogP contribution in [0.3, 0.4) is 0 Å². The number of hydrogen-bond donors (Lipinski definition) is 1. The van der Waals surface area contributed by atoms with Crippen LogP contribution in [-0.2, 0) is 12.0 Å². The number of thiazole rings is 1. The first-order valence-corrected chi connectivity index (χ1v) is 7.41. The number of aryl methyl sites for hydroxylation is 1. The van der Waals surface area contributed by atoms with Crippen molar-refractivity contribution >= 4 is 17.2 Å². The van der Waals surface area contributed by atoms with E-state index < -0.39 is 0 Å². The van der Waals surface area contributed by atoms with Crippen LogP contribution >= 0.6 is 11.3 Å². The first kappa shape index (κ1) is 14.7. The second-order valence-corrected chi connectivity index (χ2v) is 6.74. The Morgan fingerprint density at radius 3 is 2.75 bits per heavy atom. The van der Waals surface area contributed by atoms with Crippen molar-refractivity contribution in [2.24, 2.45) is 0 Å². The molecule has 1 N–H and O–H groups in total. The lowest BCUT2D eigenvalue weighted by Crippen LogP contribution is -2.26. The first-order valence-electron chi connectivity index (χ1n) is 6.60. The van der Waals surface area contributed by atoms with Gasteiger partial charge in [-0.1, -0.05) is 20.8 Å². The fourth-order valence-corrected chi connectivity index (χ4v) is 2.77. The van der Waals surface area contributed by atoms with Gasteiger partial charge in [0.15, 0.2) is 0 Å². The molecule has 1 amide bonds. The summed E-state index contributed by atoms with van der Waals surface area (Å²) in [6, 6.07) is 0. The SMILES string of the molecule is Cc1nc(C(C)(C)C)sc1C(=O)NCCn1ccnc1. The van der Waals surface area contributed by atoms with Crippen molar-refractivity contribution in [2.75, 3.05) is 6.54 Å². The summed E-state index contributed by atoms with van der Waals surface area (Å²) in [5, 5.41) is 3.92. The number of rotatable bonds is 4. The molecule has 0 bridgehead atoms. The summed E-state index contributed by atoms with van der Waals surface area (Å²) >= 11 is 1.48. The predicted octanol–water partition coefficient (Wildman–Crippen LogP) is 2.38. The van der Waals surface area contributed by atoms with Gasteiger partial charge in [0.05, 0.1) is 17.0 Å². The normalized spacial score (nSPS) is 11.6. The molecule has 20 heavy (non-hydrogen) atoms. The summed E-state index contributed by atoms with van der Waals surface area (Å²) in [5.74, 6) is -0.0457. The smallest absolute Gasteiger partial charge is 0.263 e. The minimum atomic E-state index is -0.0457. The maximum absolute atomic E-state index is 12.2. The highest BCUT2D eigenvalue weighted by Crippen LogP contribution is 2.28. The third-order valence-electron chi connectivity index (χ3n) is 2.86. The Labute approximate surface area is 123 Å². The summed E-state index contributed by atoms with van der Waals surface area (Å²) in [6.07, 6.45) is 5.34. The van der Waals surface area contributed by atoms with Gasteiger partial charge in [-0.2, -0.15) is 0 Å². The number of carbonyl (C=O) groups excluding carboxylic acids is 1. The van der Waals surface area contributed by atoms with Gasteiger partial charge < -0.3 is 9.88 Å². The summed E-state index contributed by atoms with van der Waals surface area (Å²) in [4.78, 5) is 21.3. The zero-order chi connectivity index (χ0) is 14.8. The molecule has 108 valence electrons. The monoisotopic (exact) mass is 292 g/mol. The molecule has 0 spiro atoms. The van der Waals surface area contributed by atoms with E-state index in [1.807, 2.05) is 17.7 Å². The fourth-order valence-electron chi connectivity index (χ4n) is 1.73. The molecule has 2 aromatic heterocycles. The zero-order valence-electron chi connectivity index (χ0n) is 12.3. The van der Waals surface area contributed by atoms with E-state index in [2.05, 4.69) is 36.1 Å². The number of nitrogens with one attached hydrogen (secondary N) is 1. The first-order chi connectivity index (χ1) is 9.38. The highest BCUT2D eigenvalue weighted by molar-refractivity contribution is 7.14. The lowest BCUT2D eigenvalue weighted by atomic mass is 9.98. The van der Waals surface area contributed by atoms with E-state index in [-0.39, 0.29) is 11.3 Å². The molecule has 6 heteroatoms. The van der Waals surface area contributed by atoms with Crippen LogP contribution in [0.4, 0.5) is 0 Å². The Kier molecular flexibility index (Phi) is 4.23. The van der Waals surface area contributed by atoms with Crippen molar-refractivity contribution in [3.8, 4) is 0 Å². The summed E-state index contributed by atoms with van der Waals surface area (Å²) < 4.78 is 1.93. The lowest BCUT2D eigenvalue weighted by molar-refractivity contribution is 0.0955. The van der Waals surface area contributed by atoms with Gasteiger partial charge in [0.2, 0.25) is 0 Å². The molecule has 0 aliphatic carbocycles. The topological polar surface area (TPSA) is 59.8 Å². The minimum absolute atomic E-state index is 0.0230. The van der Waals surface area contributed by atoms with Crippen LogP contribution in [0.2, 0.25) is 0 Å². The van der Waals surface area contributed by atoms with Gasteiger partial charge in [0, 0.05) is 30.9 Å². The molecular formula is C14H20N4OS. The summed E-state index contributed by atoms with van der Waals surface area (Å²) in [7, 11) is 0. The van der Waals surface area contributed by atoms with Crippen LogP contribution < -0.4 is 5.32 Å². The minimum Gasteiger partial charge on any atom is -0.349 e. The standard InChI is InChI=1S/C14H20N4OS/c1-10-11(20-13(17-10)14(2,3)4)12(19)16-6-8-18-7-5-15-9-18/h5,7,9H,6,8H2,1-4H3,(H,16,19). The second-order valence-electron chi connectivity index (χ2n) is 5.74. The quantitative estimate of drug-likeness (QED) is 0.941. The van der Waals surface area contributed by atoms with Crippen LogP contribution in [-0.4, -0.2) is 27.0 Å². The number of hydrogen-bond acceptors (Lipinski definition) is 4. The molecule has 0 fully saturated rings. The van der Waals surface area contributed by atoms with E-state index in [0.717, 1.165) is 17.2 Å². The van der Waals surface area contributed by atoms with Crippen molar-refractivity contribution in [3.05, 3.63) is 34.3 Å². The van der Waals surface area contributed by atoms with Crippen molar-refractivity contribution in [1.29, 1.82) is 0 Å². The number of imidazole rings is 1. The van der Waals surface area contributed by atoms with Gasteiger partial charge in [-0.25, -0.2) is 9.97 Å². The van der Waals surface area contributed by atoms with E-state index >= 15 is 0 Å². The summed E-state index contributed by atoms with van der Waals surface area (Å²) in [5.41, 5.74) is 0.783. The highest BCUT2D eigenvalue weighted by Gasteiger charge is 2.22. The van der Waals surface area contributed by atoms with Crippen LogP contribution in [0.15, 0.2) is 18.7 Å². The van der Waals surface area contributed by atoms with Crippen LogP contribution in [0.5, 0.6) is 0 Å². The molecule has 2 aromatic rings. The van der Waals surface area contributed by atoms with Crippen molar-refractivity contribution < 1.29 is 4.79 Å². The van der Waals surface area contributed by atoms with Crippen LogP contribution in [0, 0.1) is 6.92 Å². The highest BCUT2D eigenvalue weighted by atomic mass is 32.1. The lowest BCUT2D eigenvalue weighted by Gasteiger charge is -2.13. The molecule has 5 nitrogen and oxygen atoms in total. The molecule has 0 atom stereocenters. The van der Waals surface area contributed by atoms with Gasteiger partial charge >= 0.3 is 0 Å². The van der Waals surface area contributed by atoms with Gasteiger partial charge in [0.25, 0.3) is 5.91 Å². The Morgan fingerprint density at radius 1 is 1.45 bits per heavy atom. The van der Waals surface area contributed by atoms with E-state index in [0.29, 0.717) is 11.4 Å². The third-order valence-corrected chi connectivity index (χ3v) is 4.44. The number of nitrogens with zero attached hydrogens (tertiary/aromatic N) is 3. The number of amides is 1. The Morgan fingerprint density at radius 2 is 2.20 bits per heavy atom. The average Bonchev–Trinajstić information content (AvgIpc) is 2.97. The van der Waals surface area contributed by atoms with Crippen LogP contribution in [0.25, 0.3) is 0 Å².